The van der Waals surface area contributed by atoms with Crippen LogP contribution in [0.15, 0.2) is 12.1 Å². The third-order valence-corrected chi connectivity index (χ3v) is 2.11. The van der Waals surface area contributed by atoms with E-state index in [1.165, 1.54) is 0 Å². The van der Waals surface area contributed by atoms with E-state index in [0.29, 0.717) is 18.6 Å². The molecular formula is C11H13F3N2O2. The molecule has 0 bridgehead atoms. The zero-order chi connectivity index (χ0) is 13.7. The molecule has 0 aliphatic rings. The van der Waals surface area contributed by atoms with Crippen LogP contribution in [0.2, 0.25) is 0 Å². The van der Waals surface area contributed by atoms with E-state index < -0.39 is 35.3 Å². The Bertz CT molecular complexity index is 439. The van der Waals surface area contributed by atoms with Gasteiger partial charge in [0.2, 0.25) is 0 Å². The van der Waals surface area contributed by atoms with E-state index in [-0.39, 0.29) is 6.54 Å². The molecule has 0 fully saturated rings. The Labute approximate surface area is 102 Å². The Kier molecular flexibility index (Phi) is 4.96. The average Bonchev–Trinajstić information content (AvgIpc) is 2.25. The number of anilines is 1. The number of hydrogen-bond acceptors (Lipinski definition) is 2. The largest absolute Gasteiger partial charge is 0.393 e. The first-order valence-corrected chi connectivity index (χ1v) is 5.27. The molecule has 7 heteroatoms. The SMILES string of the molecule is CC(O)CCNC(=O)Nc1cc(F)c(F)cc1F. The predicted molar refractivity (Wildman–Crippen MR) is 59.6 cm³/mol. The van der Waals surface area contributed by atoms with Crippen molar-refractivity contribution in [3.05, 3.63) is 29.6 Å². The molecule has 18 heavy (non-hydrogen) atoms. The van der Waals surface area contributed by atoms with Gasteiger partial charge in [-0.25, -0.2) is 18.0 Å². The van der Waals surface area contributed by atoms with Crippen LogP contribution < -0.4 is 10.6 Å². The number of rotatable bonds is 4. The minimum atomic E-state index is -1.33. The Morgan fingerprint density at radius 3 is 2.50 bits per heavy atom. The van der Waals surface area contributed by atoms with Crippen LogP contribution in [0.3, 0.4) is 0 Å². The predicted octanol–water partition coefficient (Wildman–Crippen LogP) is 2.00. The summed E-state index contributed by atoms with van der Waals surface area (Å²) in [6.07, 6.45) is -0.251. The van der Waals surface area contributed by atoms with Crippen LogP contribution >= 0.6 is 0 Å². The topological polar surface area (TPSA) is 61.4 Å². The van der Waals surface area contributed by atoms with E-state index in [1.54, 1.807) is 6.92 Å². The normalized spacial score (nSPS) is 12.1. The fourth-order valence-electron chi connectivity index (χ4n) is 1.18. The summed E-state index contributed by atoms with van der Waals surface area (Å²) in [6.45, 7) is 1.73. The third-order valence-electron chi connectivity index (χ3n) is 2.11. The lowest BCUT2D eigenvalue weighted by molar-refractivity contribution is 0.184. The number of halogens is 3. The molecule has 1 atom stereocenters. The van der Waals surface area contributed by atoms with Gasteiger partial charge >= 0.3 is 6.03 Å². The molecule has 0 radical (unpaired) electrons. The molecule has 0 saturated heterocycles. The number of nitrogens with one attached hydrogen (secondary N) is 2. The quantitative estimate of drug-likeness (QED) is 0.727. The standard InChI is InChI=1S/C11H13F3N2O2/c1-6(17)2-3-15-11(18)16-10-5-8(13)7(12)4-9(10)14/h4-6,17H,2-3H2,1H3,(H2,15,16,18). The molecule has 0 aromatic heterocycles. The molecule has 1 aromatic rings. The Balaban J connectivity index is 2.57. The molecular weight excluding hydrogens is 249 g/mol. The lowest BCUT2D eigenvalue weighted by Crippen LogP contribution is -2.31. The van der Waals surface area contributed by atoms with Crippen molar-refractivity contribution in [1.82, 2.24) is 5.32 Å². The van der Waals surface area contributed by atoms with E-state index in [4.69, 9.17) is 5.11 Å². The summed E-state index contributed by atoms with van der Waals surface area (Å²) in [5, 5.41) is 13.3. The summed E-state index contributed by atoms with van der Waals surface area (Å²) in [4.78, 5) is 11.3. The number of carbonyl (C=O) groups excluding carboxylic acids is 1. The monoisotopic (exact) mass is 262 g/mol. The van der Waals surface area contributed by atoms with Gasteiger partial charge in [0.1, 0.15) is 5.82 Å². The Hall–Kier alpha value is -1.76. The Morgan fingerprint density at radius 2 is 1.89 bits per heavy atom. The Morgan fingerprint density at radius 1 is 1.28 bits per heavy atom. The number of amides is 2. The molecule has 3 N–H and O–H groups in total. The van der Waals surface area contributed by atoms with Crippen LogP contribution in [0, 0.1) is 17.5 Å². The van der Waals surface area contributed by atoms with Gasteiger partial charge in [0.15, 0.2) is 11.6 Å². The van der Waals surface area contributed by atoms with E-state index in [1.807, 2.05) is 5.32 Å². The zero-order valence-corrected chi connectivity index (χ0v) is 9.64. The number of aliphatic hydroxyl groups is 1. The molecule has 0 heterocycles. The van der Waals surface area contributed by atoms with Gasteiger partial charge < -0.3 is 15.7 Å². The van der Waals surface area contributed by atoms with Crippen molar-refractivity contribution in [2.45, 2.75) is 19.4 Å². The van der Waals surface area contributed by atoms with Gasteiger partial charge in [0.25, 0.3) is 0 Å². The number of aliphatic hydroxyl groups excluding tert-OH is 1. The molecule has 2 amide bonds. The fraction of sp³-hybridized carbons (Fsp3) is 0.364. The van der Waals surface area contributed by atoms with Crippen molar-refractivity contribution in [2.24, 2.45) is 0 Å². The molecule has 0 aliphatic carbocycles. The molecule has 0 spiro atoms. The van der Waals surface area contributed by atoms with Crippen LogP contribution in [-0.4, -0.2) is 23.8 Å². The summed E-state index contributed by atoms with van der Waals surface area (Å²) >= 11 is 0. The summed E-state index contributed by atoms with van der Waals surface area (Å²) < 4.78 is 38.6. The van der Waals surface area contributed by atoms with Crippen molar-refractivity contribution >= 4 is 11.7 Å². The highest BCUT2D eigenvalue weighted by molar-refractivity contribution is 5.89. The lowest BCUT2D eigenvalue weighted by atomic mass is 10.3. The summed E-state index contributed by atoms with van der Waals surface area (Å²) in [5.74, 6) is -3.65. The van der Waals surface area contributed by atoms with Gasteiger partial charge in [0, 0.05) is 18.7 Å². The van der Waals surface area contributed by atoms with Crippen LogP contribution in [0.4, 0.5) is 23.7 Å². The highest BCUT2D eigenvalue weighted by Gasteiger charge is 2.12. The highest BCUT2D eigenvalue weighted by Crippen LogP contribution is 2.18. The lowest BCUT2D eigenvalue weighted by Gasteiger charge is -2.09. The average molecular weight is 262 g/mol. The second-order valence-electron chi connectivity index (χ2n) is 3.76. The van der Waals surface area contributed by atoms with Gasteiger partial charge in [-0.1, -0.05) is 0 Å². The number of urea groups is 1. The van der Waals surface area contributed by atoms with Gasteiger partial charge in [-0.15, -0.1) is 0 Å². The maximum Gasteiger partial charge on any atom is 0.319 e. The first-order valence-electron chi connectivity index (χ1n) is 5.27. The number of benzene rings is 1. The van der Waals surface area contributed by atoms with Crippen LogP contribution in [0.5, 0.6) is 0 Å². The van der Waals surface area contributed by atoms with Crippen LogP contribution in [0.1, 0.15) is 13.3 Å². The van der Waals surface area contributed by atoms with Gasteiger partial charge in [0.05, 0.1) is 11.8 Å². The van der Waals surface area contributed by atoms with Crippen LogP contribution in [-0.2, 0) is 0 Å². The number of carbonyl (C=O) groups is 1. The van der Waals surface area contributed by atoms with Crippen molar-refractivity contribution in [3.63, 3.8) is 0 Å². The van der Waals surface area contributed by atoms with Gasteiger partial charge in [-0.05, 0) is 13.3 Å². The number of hydrogen-bond donors (Lipinski definition) is 3. The second-order valence-corrected chi connectivity index (χ2v) is 3.76. The first kappa shape index (κ1) is 14.3. The zero-order valence-electron chi connectivity index (χ0n) is 9.64. The van der Waals surface area contributed by atoms with Gasteiger partial charge in [-0.2, -0.15) is 0 Å². The van der Waals surface area contributed by atoms with E-state index >= 15 is 0 Å². The minimum Gasteiger partial charge on any atom is -0.393 e. The molecule has 4 nitrogen and oxygen atoms in total. The summed E-state index contributed by atoms with van der Waals surface area (Å²) in [6, 6.07) is 0.139. The van der Waals surface area contributed by atoms with Crippen molar-refractivity contribution in [3.8, 4) is 0 Å². The maximum absolute atomic E-state index is 13.2. The van der Waals surface area contributed by atoms with Crippen molar-refractivity contribution < 1.29 is 23.1 Å². The summed E-state index contributed by atoms with van der Waals surface area (Å²) in [7, 11) is 0. The second kappa shape index (κ2) is 6.25. The third kappa shape index (κ3) is 4.25. The van der Waals surface area contributed by atoms with Gasteiger partial charge in [-0.3, -0.25) is 0 Å². The summed E-state index contributed by atoms with van der Waals surface area (Å²) in [5.41, 5.74) is -0.455. The van der Waals surface area contributed by atoms with Crippen molar-refractivity contribution in [2.75, 3.05) is 11.9 Å². The maximum atomic E-state index is 13.2. The highest BCUT2D eigenvalue weighted by atomic mass is 19.2. The molecule has 0 aliphatic heterocycles. The molecule has 1 rings (SSSR count). The molecule has 0 saturated carbocycles. The molecule has 1 aromatic carbocycles. The van der Waals surface area contributed by atoms with E-state index in [9.17, 15) is 18.0 Å². The van der Waals surface area contributed by atoms with E-state index in [0.717, 1.165) is 0 Å². The minimum absolute atomic E-state index is 0.175. The fourth-order valence-corrected chi connectivity index (χ4v) is 1.18. The molecule has 1 unspecified atom stereocenters. The van der Waals surface area contributed by atoms with E-state index in [2.05, 4.69) is 5.32 Å². The van der Waals surface area contributed by atoms with Crippen LogP contribution in [0.25, 0.3) is 0 Å². The van der Waals surface area contributed by atoms with Crippen molar-refractivity contribution in [1.29, 1.82) is 0 Å². The molecule has 100 valence electrons. The first-order chi connectivity index (χ1) is 8.40. The smallest absolute Gasteiger partial charge is 0.319 e.